The first kappa shape index (κ1) is 18.6. The molecule has 0 amide bonds. The Morgan fingerprint density at radius 2 is 1.62 bits per heavy atom. The largest absolute Gasteiger partial charge is 0.493 e. The van der Waals surface area contributed by atoms with Crippen molar-refractivity contribution < 1.29 is 28.5 Å². The lowest BCUT2D eigenvalue weighted by Crippen LogP contribution is -2.08. The van der Waals surface area contributed by atoms with Gasteiger partial charge in [0.25, 0.3) is 0 Å². The number of carbonyl (C=O) groups is 1. The van der Waals surface area contributed by atoms with Gasteiger partial charge in [0.15, 0.2) is 23.1 Å². The maximum Gasteiger partial charge on any atom is 0.364 e. The molecule has 2 aliphatic heterocycles. The van der Waals surface area contributed by atoms with Gasteiger partial charge in [-0.3, -0.25) is 0 Å². The summed E-state index contributed by atoms with van der Waals surface area (Å²) in [7, 11) is 4.64. The summed E-state index contributed by atoms with van der Waals surface area (Å²) in [5.41, 5.74) is 2.31. The highest BCUT2D eigenvalue weighted by molar-refractivity contribution is 6.11. The Hall–Kier alpha value is -3.74. The van der Waals surface area contributed by atoms with E-state index in [0.29, 0.717) is 45.8 Å². The highest BCUT2D eigenvalue weighted by Crippen LogP contribution is 2.44. The summed E-state index contributed by atoms with van der Waals surface area (Å²) in [6, 6.07) is 11.0. The zero-order chi connectivity index (χ0) is 20.5. The quantitative estimate of drug-likeness (QED) is 0.580. The van der Waals surface area contributed by atoms with Crippen LogP contribution in [0.3, 0.4) is 0 Å². The fraction of sp³-hybridized carbons (Fsp3) is 0.182. The molecule has 29 heavy (non-hydrogen) atoms. The minimum atomic E-state index is -0.491. The number of allylic oxidation sites excluding steroid dienone is 2. The van der Waals surface area contributed by atoms with E-state index >= 15 is 0 Å². The third-order valence-electron chi connectivity index (χ3n) is 4.58. The molecular weight excluding hydrogens is 374 g/mol. The van der Waals surface area contributed by atoms with Crippen molar-refractivity contribution in [3.05, 3.63) is 59.3 Å². The lowest BCUT2D eigenvalue weighted by atomic mass is 9.97. The van der Waals surface area contributed by atoms with Crippen molar-refractivity contribution >= 4 is 23.2 Å². The zero-order valence-electron chi connectivity index (χ0n) is 16.4. The first-order valence-corrected chi connectivity index (χ1v) is 8.86. The van der Waals surface area contributed by atoms with Crippen LogP contribution in [0.2, 0.25) is 0 Å². The van der Waals surface area contributed by atoms with E-state index < -0.39 is 5.97 Å². The van der Waals surface area contributed by atoms with Crippen LogP contribution in [0, 0.1) is 0 Å². The molecular formula is C22H19NO6. The molecule has 0 fully saturated rings. The van der Waals surface area contributed by atoms with Gasteiger partial charge in [0.2, 0.25) is 5.75 Å². The van der Waals surface area contributed by atoms with E-state index in [9.17, 15) is 4.79 Å². The molecule has 2 aromatic carbocycles. The number of carbonyl (C=O) groups excluding carboxylic acids is 1. The van der Waals surface area contributed by atoms with Crippen LogP contribution in [0.4, 0.5) is 0 Å². The number of nitrogens with zero attached hydrogens (tertiary/aromatic N) is 1. The molecule has 7 nitrogen and oxygen atoms in total. The number of hydrogen-bond donors (Lipinski definition) is 0. The van der Waals surface area contributed by atoms with Crippen molar-refractivity contribution in [1.82, 2.24) is 0 Å². The second-order valence-electron chi connectivity index (χ2n) is 6.30. The number of aliphatic imine (C=N–C) groups is 1. The molecule has 2 heterocycles. The van der Waals surface area contributed by atoms with Gasteiger partial charge in [-0.1, -0.05) is 18.2 Å². The Morgan fingerprint density at radius 3 is 2.21 bits per heavy atom. The molecule has 0 atom stereocenters. The van der Waals surface area contributed by atoms with Gasteiger partial charge in [0, 0.05) is 23.6 Å². The Labute approximate surface area is 167 Å². The van der Waals surface area contributed by atoms with Crippen molar-refractivity contribution in [2.24, 2.45) is 4.99 Å². The first-order chi connectivity index (χ1) is 14.0. The van der Waals surface area contributed by atoms with E-state index in [4.69, 9.17) is 23.7 Å². The van der Waals surface area contributed by atoms with Gasteiger partial charge in [0.1, 0.15) is 11.5 Å². The molecule has 0 radical (unpaired) electrons. The Morgan fingerprint density at radius 1 is 0.931 bits per heavy atom. The van der Waals surface area contributed by atoms with Crippen molar-refractivity contribution in [1.29, 1.82) is 0 Å². The summed E-state index contributed by atoms with van der Waals surface area (Å²) in [5.74, 6) is 2.40. The second kappa shape index (κ2) is 7.35. The van der Waals surface area contributed by atoms with Gasteiger partial charge in [-0.25, -0.2) is 9.79 Å². The monoisotopic (exact) mass is 393 g/mol. The van der Waals surface area contributed by atoms with Crippen molar-refractivity contribution in [3.63, 3.8) is 0 Å². The third-order valence-corrected chi connectivity index (χ3v) is 4.58. The molecule has 0 spiro atoms. The molecule has 0 N–H and O–H groups in total. The van der Waals surface area contributed by atoms with Crippen LogP contribution in [0.15, 0.2) is 53.2 Å². The van der Waals surface area contributed by atoms with Crippen LogP contribution >= 0.6 is 0 Å². The first-order valence-electron chi connectivity index (χ1n) is 8.86. The highest BCUT2D eigenvalue weighted by atomic mass is 16.6. The number of hydrogen-bond acceptors (Lipinski definition) is 7. The van der Waals surface area contributed by atoms with E-state index in [1.165, 1.54) is 0 Å². The average molecular weight is 393 g/mol. The maximum absolute atomic E-state index is 12.3. The normalized spacial score (nSPS) is 17.6. The second-order valence-corrected chi connectivity index (χ2v) is 6.30. The van der Waals surface area contributed by atoms with Crippen LogP contribution in [-0.4, -0.2) is 33.2 Å². The van der Waals surface area contributed by atoms with E-state index in [-0.39, 0.29) is 5.70 Å². The number of esters is 1. The average Bonchev–Trinajstić information content (AvgIpc) is 3.09. The molecule has 0 saturated carbocycles. The standard InChI is InChI=1S/C22H19NO6/c1-12-23-20(22(24)28-12)15-11-17(29-16-8-6-5-7-14(15)16)13-9-18(25-2)21(27-4)19(10-13)26-3/h5-11H,1-4H3. The van der Waals surface area contributed by atoms with Crippen molar-refractivity contribution in [2.75, 3.05) is 21.3 Å². The van der Waals surface area contributed by atoms with Gasteiger partial charge in [-0.05, 0) is 24.3 Å². The lowest BCUT2D eigenvalue weighted by molar-refractivity contribution is -0.130. The third kappa shape index (κ3) is 3.20. The van der Waals surface area contributed by atoms with E-state index in [0.717, 1.165) is 5.56 Å². The van der Waals surface area contributed by atoms with Crippen LogP contribution in [0.25, 0.3) is 11.3 Å². The van der Waals surface area contributed by atoms with E-state index in [2.05, 4.69) is 4.99 Å². The Balaban J connectivity index is 1.92. The van der Waals surface area contributed by atoms with Gasteiger partial charge < -0.3 is 23.7 Å². The summed E-state index contributed by atoms with van der Waals surface area (Å²) >= 11 is 0. The number of para-hydroxylation sites is 1. The van der Waals surface area contributed by atoms with Gasteiger partial charge in [-0.15, -0.1) is 0 Å². The van der Waals surface area contributed by atoms with Crippen molar-refractivity contribution in [3.8, 4) is 23.0 Å². The fourth-order valence-electron chi connectivity index (χ4n) is 3.28. The summed E-state index contributed by atoms with van der Waals surface area (Å²) in [6.45, 7) is 1.64. The van der Waals surface area contributed by atoms with E-state index in [1.54, 1.807) is 46.5 Å². The van der Waals surface area contributed by atoms with Gasteiger partial charge in [-0.2, -0.15) is 0 Å². The Kier molecular flexibility index (Phi) is 4.72. The summed E-state index contributed by atoms with van der Waals surface area (Å²) in [6.07, 6.45) is 1.77. The van der Waals surface area contributed by atoms with Crippen LogP contribution in [-0.2, 0) is 9.53 Å². The number of rotatable bonds is 4. The van der Waals surface area contributed by atoms with Crippen molar-refractivity contribution in [2.45, 2.75) is 6.92 Å². The fourth-order valence-corrected chi connectivity index (χ4v) is 3.28. The molecule has 0 bridgehead atoms. The molecule has 7 heteroatoms. The smallest absolute Gasteiger partial charge is 0.364 e. The summed E-state index contributed by atoms with van der Waals surface area (Å²) < 4.78 is 27.5. The van der Waals surface area contributed by atoms with Crippen LogP contribution < -0.4 is 18.9 Å². The van der Waals surface area contributed by atoms with E-state index in [1.807, 2.05) is 24.3 Å². The number of ether oxygens (including phenoxy) is 5. The Bertz CT molecular complexity index is 1070. The van der Waals surface area contributed by atoms with Crippen LogP contribution in [0.5, 0.6) is 23.0 Å². The summed E-state index contributed by atoms with van der Waals surface area (Å²) in [5, 5.41) is 0. The predicted octanol–water partition coefficient (Wildman–Crippen LogP) is 3.83. The molecule has 2 aliphatic rings. The van der Waals surface area contributed by atoms with Crippen LogP contribution in [0.1, 0.15) is 18.1 Å². The molecule has 0 unspecified atom stereocenters. The number of cyclic esters (lactones) is 1. The summed E-state index contributed by atoms with van der Waals surface area (Å²) in [4.78, 5) is 16.6. The lowest BCUT2D eigenvalue weighted by Gasteiger charge is -2.22. The maximum atomic E-state index is 12.3. The molecule has 0 aromatic heterocycles. The zero-order valence-corrected chi connectivity index (χ0v) is 16.4. The molecule has 0 aliphatic carbocycles. The van der Waals surface area contributed by atoms with Gasteiger partial charge >= 0.3 is 5.97 Å². The number of methoxy groups -OCH3 is 3. The predicted molar refractivity (Wildman–Crippen MR) is 107 cm³/mol. The molecule has 2 aromatic rings. The molecule has 4 rings (SSSR count). The molecule has 148 valence electrons. The minimum Gasteiger partial charge on any atom is -0.493 e. The topological polar surface area (TPSA) is 75.6 Å². The number of benzene rings is 2. The minimum absolute atomic E-state index is 0.239. The van der Waals surface area contributed by atoms with Gasteiger partial charge in [0.05, 0.1) is 21.3 Å². The number of fused-ring (bicyclic) bond motifs is 1. The highest BCUT2D eigenvalue weighted by Gasteiger charge is 2.29. The SMILES string of the molecule is COc1cc(C2=CC(=C3N=C(C)OC3=O)c3ccccc3O2)cc(OC)c1OC. The molecule has 0 saturated heterocycles.